The maximum absolute atomic E-state index is 13.1. The molecule has 0 radical (unpaired) electrons. The van der Waals surface area contributed by atoms with Crippen LogP contribution in [-0.4, -0.2) is 96.7 Å². The summed E-state index contributed by atoms with van der Waals surface area (Å²) < 4.78 is 68.6. The van der Waals surface area contributed by atoms with E-state index < -0.39 is 97.5 Å². The summed E-state index contributed by atoms with van der Waals surface area (Å²) in [7, 11) is -9.92. The summed E-state index contributed by atoms with van der Waals surface area (Å²) in [5.74, 6) is 0.970. The van der Waals surface area contributed by atoms with Crippen molar-refractivity contribution in [3.05, 3.63) is 0 Å². The Kier molecular flexibility index (Phi) is 65.9. The van der Waals surface area contributed by atoms with Gasteiger partial charge in [-0.25, -0.2) is 9.13 Å². The number of carbonyl (C=O) groups is 4. The van der Waals surface area contributed by atoms with E-state index in [0.29, 0.717) is 31.6 Å². The van der Waals surface area contributed by atoms with Crippen LogP contribution in [0.2, 0.25) is 0 Å². The third-order valence-corrected chi connectivity index (χ3v) is 20.3. The van der Waals surface area contributed by atoms with Gasteiger partial charge in [-0.15, -0.1) is 0 Å². The van der Waals surface area contributed by atoms with Crippen molar-refractivity contribution in [1.29, 1.82) is 0 Å². The van der Waals surface area contributed by atoms with E-state index in [4.69, 9.17) is 37.0 Å². The summed E-state index contributed by atoms with van der Waals surface area (Å²) in [4.78, 5) is 72.9. The SMILES string of the molecule is CCC(C)CCCCCCCCCCCCC(=O)O[C@H](COC(=O)CCCCCCCCCCCCCC(C)C)COP(=O)(O)OCC(O)COP(=O)(O)OC[C@@H](COC(=O)CCCCCCCCCC(C)C)OC(=O)CCCCCCCCCCCCCCCCCCC(C)C. The molecule has 4 unspecified atom stereocenters. The topological polar surface area (TPSA) is 237 Å². The zero-order chi connectivity index (χ0) is 71.7. The second-order valence-electron chi connectivity index (χ2n) is 29.8. The van der Waals surface area contributed by atoms with Gasteiger partial charge in [0.25, 0.3) is 0 Å². The predicted octanol–water partition coefficient (Wildman–Crippen LogP) is 22.8. The molecule has 97 heavy (non-hydrogen) atoms. The van der Waals surface area contributed by atoms with E-state index in [-0.39, 0.29) is 25.7 Å². The Morgan fingerprint density at radius 1 is 0.289 bits per heavy atom. The van der Waals surface area contributed by atoms with E-state index in [1.54, 1.807) is 0 Å². The molecule has 0 saturated heterocycles. The highest BCUT2D eigenvalue weighted by atomic mass is 31.2. The molecule has 0 aromatic carbocycles. The molecule has 0 spiro atoms. The quantitative estimate of drug-likeness (QED) is 0.0222. The van der Waals surface area contributed by atoms with Crippen LogP contribution in [0.5, 0.6) is 0 Å². The minimum Gasteiger partial charge on any atom is -0.462 e. The highest BCUT2D eigenvalue weighted by molar-refractivity contribution is 7.47. The van der Waals surface area contributed by atoms with Crippen LogP contribution in [0.3, 0.4) is 0 Å². The van der Waals surface area contributed by atoms with Crippen LogP contribution in [0.25, 0.3) is 0 Å². The number of aliphatic hydroxyl groups excluding tert-OH is 1. The molecule has 0 amide bonds. The summed E-state index contributed by atoms with van der Waals surface area (Å²) in [6.07, 6.45) is 52.7. The zero-order valence-electron chi connectivity index (χ0n) is 63.7. The number of phosphoric acid groups is 2. The lowest BCUT2D eigenvalue weighted by Crippen LogP contribution is -2.30. The van der Waals surface area contributed by atoms with Gasteiger partial charge in [0, 0.05) is 25.7 Å². The fraction of sp³-hybridized carbons (Fsp3) is 0.949. The minimum absolute atomic E-state index is 0.106. The molecule has 0 fully saturated rings. The molecule has 576 valence electrons. The number of rotatable bonds is 75. The fourth-order valence-corrected chi connectivity index (χ4v) is 13.5. The normalized spacial score (nSPS) is 14.4. The molecule has 0 saturated carbocycles. The van der Waals surface area contributed by atoms with E-state index in [1.165, 1.54) is 193 Å². The minimum atomic E-state index is -4.96. The molecular weight excluding hydrogens is 1270 g/mol. The van der Waals surface area contributed by atoms with Crippen LogP contribution in [0.1, 0.15) is 396 Å². The van der Waals surface area contributed by atoms with Crippen molar-refractivity contribution in [3.63, 3.8) is 0 Å². The lowest BCUT2D eigenvalue weighted by Gasteiger charge is -2.21. The molecule has 0 aliphatic heterocycles. The monoisotopic (exact) mass is 1420 g/mol. The standard InChI is InChI=1S/C78H152O17P2/c1-9-71(8)57-49-41-33-25-21-22-28-36-45-53-61-78(83)94-73(64-88-75(80)58-50-42-34-26-20-16-18-24-31-39-47-55-69(4)5)66-92-96(84,85)90-62-72(79)63-91-97(86,87)93-67-74(65-89-76(81)59-51-43-37-29-32-40-48-56-70(6)7)95-77(82)60-52-44-35-27-19-15-13-11-10-12-14-17-23-30-38-46-54-68(2)3/h68-74,79H,9-67H2,1-8H3,(H,84,85)(H,86,87)/t71?,72?,73-,74-/m1/s1. The van der Waals surface area contributed by atoms with Gasteiger partial charge in [-0.1, -0.05) is 344 Å². The highest BCUT2D eigenvalue weighted by Gasteiger charge is 2.30. The third-order valence-electron chi connectivity index (χ3n) is 18.4. The molecule has 0 rings (SSSR count). The number of unbranched alkanes of at least 4 members (excludes halogenated alkanes) is 40. The molecule has 0 bridgehead atoms. The molecule has 3 N–H and O–H groups in total. The number of ether oxygens (including phenoxy) is 4. The van der Waals surface area contributed by atoms with Gasteiger partial charge < -0.3 is 33.8 Å². The Morgan fingerprint density at radius 2 is 0.495 bits per heavy atom. The van der Waals surface area contributed by atoms with Crippen LogP contribution in [0, 0.1) is 23.7 Å². The van der Waals surface area contributed by atoms with Crippen molar-refractivity contribution >= 4 is 39.5 Å². The van der Waals surface area contributed by atoms with E-state index in [0.717, 1.165) is 114 Å². The second-order valence-corrected chi connectivity index (χ2v) is 32.7. The first-order valence-corrected chi connectivity index (χ1v) is 43.2. The Bertz CT molecular complexity index is 1900. The average molecular weight is 1420 g/mol. The van der Waals surface area contributed by atoms with Crippen LogP contribution < -0.4 is 0 Å². The summed E-state index contributed by atoms with van der Waals surface area (Å²) in [6, 6.07) is 0. The predicted molar refractivity (Wildman–Crippen MR) is 395 cm³/mol. The first-order valence-electron chi connectivity index (χ1n) is 40.2. The summed E-state index contributed by atoms with van der Waals surface area (Å²) in [6.45, 7) is 14.2. The van der Waals surface area contributed by atoms with Gasteiger partial charge in [-0.2, -0.15) is 0 Å². The molecule has 0 aliphatic rings. The number of esters is 4. The maximum atomic E-state index is 13.1. The van der Waals surface area contributed by atoms with E-state index in [2.05, 4.69) is 55.4 Å². The number of carbonyl (C=O) groups excluding carboxylic acids is 4. The first kappa shape index (κ1) is 95.1. The first-order chi connectivity index (χ1) is 46.6. The number of phosphoric ester groups is 2. The Hall–Kier alpha value is -1.94. The van der Waals surface area contributed by atoms with Gasteiger partial charge in [0.1, 0.15) is 19.3 Å². The lowest BCUT2D eigenvalue weighted by molar-refractivity contribution is -0.161. The summed E-state index contributed by atoms with van der Waals surface area (Å²) in [5, 5.41) is 10.6. The van der Waals surface area contributed by atoms with Crippen molar-refractivity contribution in [3.8, 4) is 0 Å². The van der Waals surface area contributed by atoms with Crippen molar-refractivity contribution in [2.75, 3.05) is 39.6 Å². The molecule has 0 aromatic rings. The van der Waals surface area contributed by atoms with E-state index >= 15 is 0 Å². The summed E-state index contributed by atoms with van der Waals surface area (Å²) >= 11 is 0. The summed E-state index contributed by atoms with van der Waals surface area (Å²) in [5.41, 5.74) is 0. The van der Waals surface area contributed by atoms with Gasteiger partial charge in [-0.05, 0) is 49.4 Å². The molecule has 19 heteroatoms. The van der Waals surface area contributed by atoms with Gasteiger partial charge in [0.2, 0.25) is 0 Å². The number of hydrogen-bond donors (Lipinski definition) is 3. The molecule has 6 atom stereocenters. The zero-order valence-corrected chi connectivity index (χ0v) is 65.5. The Morgan fingerprint density at radius 3 is 0.732 bits per heavy atom. The molecule has 0 aromatic heterocycles. The van der Waals surface area contributed by atoms with Gasteiger partial charge in [0.05, 0.1) is 26.4 Å². The van der Waals surface area contributed by atoms with Gasteiger partial charge in [-0.3, -0.25) is 37.3 Å². The van der Waals surface area contributed by atoms with Crippen LogP contribution in [0.15, 0.2) is 0 Å². The smallest absolute Gasteiger partial charge is 0.462 e. The molecule has 0 heterocycles. The van der Waals surface area contributed by atoms with Crippen LogP contribution >= 0.6 is 15.6 Å². The molecular formula is C78H152O17P2. The van der Waals surface area contributed by atoms with Crippen LogP contribution in [-0.2, 0) is 65.4 Å². The van der Waals surface area contributed by atoms with Gasteiger partial charge in [0.15, 0.2) is 12.2 Å². The van der Waals surface area contributed by atoms with Crippen molar-refractivity contribution < 1.29 is 80.2 Å². The largest absolute Gasteiger partial charge is 0.472 e. The van der Waals surface area contributed by atoms with E-state index in [9.17, 15) is 43.2 Å². The molecule has 0 aliphatic carbocycles. The van der Waals surface area contributed by atoms with Gasteiger partial charge >= 0.3 is 39.5 Å². The fourth-order valence-electron chi connectivity index (χ4n) is 11.9. The average Bonchev–Trinajstić information content (AvgIpc) is 2.85. The Balaban J connectivity index is 5.23. The highest BCUT2D eigenvalue weighted by Crippen LogP contribution is 2.45. The van der Waals surface area contributed by atoms with Crippen molar-refractivity contribution in [2.45, 2.75) is 414 Å². The maximum Gasteiger partial charge on any atom is 0.472 e. The van der Waals surface area contributed by atoms with Crippen molar-refractivity contribution in [2.24, 2.45) is 23.7 Å². The van der Waals surface area contributed by atoms with Crippen molar-refractivity contribution in [1.82, 2.24) is 0 Å². The van der Waals surface area contributed by atoms with E-state index in [1.807, 2.05) is 0 Å². The van der Waals surface area contributed by atoms with Crippen LogP contribution in [0.4, 0.5) is 0 Å². The molecule has 17 nitrogen and oxygen atoms in total. The Labute approximate surface area is 594 Å². The second kappa shape index (κ2) is 67.2. The number of hydrogen-bond acceptors (Lipinski definition) is 15. The third kappa shape index (κ3) is 70.9. The number of aliphatic hydroxyl groups is 1. The lowest BCUT2D eigenvalue weighted by atomic mass is 9.99.